The van der Waals surface area contributed by atoms with Gasteiger partial charge >= 0.3 is 0 Å². The number of hydrogen-bond donors (Lipinski definition) is 1. The molecule has 2 rings (SSSR count). The zero-order chi connectivity index (χ0) is 15.1. The molecule has 1 heterocycles. The molecule has 1 amide bonds. The molecule has 21 heavy (non-hydrogen) atoms. The number of carbonyl (C=O) groups excluding carboxylic acids is 1. The highest BCUT2D eigenvalue weighted by atomic mass is 32.2. The van der Waals surface area contributed by atoms with Crippen LogP contribution in [0.5, 0.6) is 5.75 Å². The van der Waals surface area contributed by atoms with Gasteiger partial charge in [0.05, 0.1) is 0 Å². The molecule has 0 unspecified atom stereocenters. The minimum Gasteiger partial charge on any atom is -0.492 e. The highest BCUT2D eigenvalue weighted by Crippen LogP contribution is 2.21. The van der Waals surface area contributed by atoms with Crippen LogP contribution in [-0.4, -0.2) is 43.3 Å². The first kappa shape index (κ1) is 16.2. The van der Waals surface area contributed by atoms with Gasteiger partial charge < -0.3 is 10.5 Å². The van der Waals surface area contributed by atoms with Crippen LogP contribution in [0.3, 0.4) is 0 Å². The number of rotatable bonds is 7. The SMILES string of the molecule is CSc1ccc(OCCN2CCC(CC(N)=O)CC2)cc1. The van der Waals surface area contributed by atoms with Crippen LogP contribution in [-0.2, 0) is 4.79 Å². The highest BCUT2D eigenvalue weighted by Gasteiger charge is 2.20. The lowest BCUT2D eigenvalue weighted by Crippen LogP contribution is -2.37. The average molecular weight is 308 g/mol. The molecule has 1 saturated heterocycles. The summed E-state index contributed by atoms with van der Waals surface area (Å²) in [7, 11) is 0. The third-order valence-corrected chi connectivity index (χ3v) is 4.68. The number of nitrogens with zero attached hydrogens (tertiary/aromatic N) is 1. The van der Waals surface area contributed by atoms with Gasteiger partial charge in [0.15, 0.2) is 0 Å². The molecule has 4 nitrogen and oxygen atoms in total. The van der Waals surface area contributed by atoms with E-state index in [0.29, 0.717) is 18.9 Å². The molecule has 1 fully saturated rings. The Morgan fingerprint density at radius 3 is 2.57 bits per heavy atom. The summed E-state index contributed by atoms with van der Waals surface area (Å²) in [6.45, 7) is 3.71. The summed E-state index contributed by atoms with van der Waals surface area (Å²) in [5.74, 6) is 1.22. The van der Waals surface area contributed by atoms with Gasteiger partial charge in [0, 0.05) is 17.9 Å². The van der Waals surface area contributed by atoms with Crippen LogP contribution in [0.15, 0.2) is 29.2 Å². The van der Waals surface area contributed by atoms with Gasteiger partial charge in [-0.3, -0.25) is 9.69 Å². The van der Waals surface area contributed by atoms with Gasteiger partial charge in [0.2, 0.25) is 5.91 Å². The fourth-order valence-corrected chi connectivity index (χ4v) is 3.07. The fraction of sp³-hybridized carbons (Fsp3) is 0.562. The molecule has 1 aromatic rings. The van der Waals surface area contributed by atoms with Crippen LogP contribution in [0.2, 0.25) is 0 Å². The topological polar surface area (TPSA) is 55.6 Å². The molecule has 116 valence electrons. The van der Waals surface area contributed by atoms with Crippen molar-refractivity contribution >= 4 is 17.7 Å². The number of primary amides is 1. The fourth-order valence-electron chi connectivity index (χ4n) is 2.66. The van der Waals surface area contributed by atoms with Crippen molar-refractivity contribution in [3.05, 3.63) is 24.3 Å². The quantitative estimate of drug-likeness (QED) is 0.786. The third kappa shape index (κ3) is 5.59. The Morgan fingerprint density at radius 2 is 2.00 bits per heavy atom. The van der Waals surface area contributed by atoms with Gasteiger partial charge in [-0.25, -0.2) is 0 Å². The molecule has 0 saturated carbocycles. The number of nitrogens with two attached hydrogens (primary N) is 1. The van der Waals surface area contributed by atoms with E-state index in [9.17, 15) is 4.79 Å². The monoisotopic (exact) mass is 308 g/mol. The predicted octanol–water partition coefficient (Wildman–Crippen LogP) is 2.37. The zero-order valence-corrected chi connectivity index (χ0v) is 13.4. The molecule has 5 heteroatoms. The van der Waals surface area contributed by atoms with E-state index in [0.717, 1.165) is 38.2 Å². The minimum atomic E-state index is -0.175. The second kappa shape index (κ2) is 8.29. The van der Waals surface area contributed by atoms with Crippen molar-refractivity contribution in [2.45, 2.75) is 24.2 Å². The Labute approximate surface area is 131 Å². The maximum Gasteiger partial charge on any atom is 0.217 e. The van der Waals surface area contributed by atoms with Crippen molar-refractivity contribution < 1.29 is 9.53 Å². The Bertz CT molecular complexity index is 442. The molecular weight excluding hydrogens is 284 g/mol. The van der Waals surface area contributed by atoms with Crippen molar-refractivity contribution in [2.75, 3.05) is 32.5 Å². The Morgan fingerprint density at radius 1 is 1.33 bits per heavy atom. The molecular formula is C16H24N2O2S. The average Bonchev–Trinajstić information content (AvgIpc) is 2.49. The van der Waals surface area contributed by atoms with E-state index in [1.807, 2.05) is 12.1 Å². The van der Waals surface area contributed by atoms with Gasteiger partial charge in [-0.2, -0.15) is 0 Å². The number of piperidine rings is 1. The molecule has 1 aromatic carbocycles. The van der Waals surface area contributed by atoms with E-state index in [2.05, 4.69) is 23.3 Å². The number of hydrogen-bond acceptors (Lipinski definition) is 4. The summed E-state index contributed by atoms with van der Waals surface area (Å²) >= 11 is 1.73. The molecule has 0 aliphatic carbocycles. The summed E-state index contributed by atoms with van der Waals surface area (Å²) in [4.78, 5) is 14.6. The zero-order valence-electron chi connectivity index (χ0n) is 12.6. The highest BCUT2D eigenvalue weighted by molar-refractivity contribution is 7.98. The van der Waals surface area contributed by atoms with E-state index in [4.69, 9.17) is 10.5 Å². The van der Waals surface area contributed by atoms with Crippen LogP contribution in [0.1, 0.15) is 19.3 Å². The molecule has 0 radical (unpaired) electrons. The lowest BCUT2D eigenvalue weighted by atomic mass is 9.93. The maximum absolute atomic E-state index is 10.9. The Balaban J connectivity index is 1.64. The summed E-state index contributed by atoms with van der Waals surface area (Å²) in [6, 6.07) is 8.19. The van der Waals surface area contributed by atoms with Gasteiger partial charge in [0.25, 0.3) is 0 Å². The van der Waals surface area contributed by atoms with E-state index in [1.54, 1.807) is 11.8 Å². The van der Waals surface area contributed by atoms with Crippen LogP contribution in [0.4, 0.5) is 0 Å². The van der Waals surface area contributed by atoms with Gasteiger partial charge in [-0.1, -0.05) is 0 Å². The van der Waals surface area contributed by atoms with Crippen LogP contribution in [0.25, 0.3) is 0 Å². The number of thioether (sulfide) groups is 1. The molecule has 0 atom stereocenters. The van der Waals surface area contributed by atoms with Crippen molar-refractivity contribution in [2.24, 2.45) is 11.7 Å². The molecule has 1 aliphatic heterocycles. The number of ether oxygens (including phenoxy) is 1. The van der Waals surface area contributed by atoms with Crippen LogP contribution < -0.4 is 10.5 Å². The van der Waals surface area contributed by atoms with Gasteiger partial charge in [-0.15, -0.1) is 11.8 Å². The van der Waals surface area contributed by atoms with E-state index in [-0.39, 0.29) is 5.91 Å². The van der Waals surface area contributed by atoms with Crippen LogP contribution in [0, 0.1) is 5.92 Å². The normalized spacial score (nSPS) is 16.8. The summed E-state index contributed by atoms with van der Waals surface area (Å²) in [6.07, 6.45) is 4.72. The molecule has 0 spiro atoms. The van der Waals surface area contributed by atoms with Crippen molar-refractivity contribution in [3.63, 3.8) is 0 Å². The first-order valence-corrected chi connectivity index (χ1v) is 8.67. The largest absolute Gasteiger partial charge is 0.492 e. The number of amides is 1. The number of carbonyl (C=O) groups is 1. The van der Waals surface area contributed by atoms with Gasteiger partial charge in [-0.05, 0) is 62.4 Å². The van der Waals surface area contributed by atoms with E-state index in [1.165, 1.54) is 4.90 Å². The third-order valence-electron chi connectivity index (χ3n) is 3.93. The van der Waals surface area contributed by atoms with E-state index >= 15 is 0 Å². The van der Waals surface area contributed by atoms with Crippen molar-refractivity contribution in [1.29, 1.82) is 0 Å². The smallest absolute Gasteiger partial charge is 0.217 e. The summed E-state index contributed by atoms with van der Waals surface area (Å²) < 4.78 is 5.77. The minimum absolute atomic E-state index is 0.175. The Hall–Kier alpha value is -1.20. The lowest BCUT2D eigenvalue weighted by molar-refractivity contribution is -0.119. The second-order valence-corrected chi connectivity index (χ2v) is 6.36. The van der Waals surface area contributed by atoms with E-state index < -0.39 is 0 Å². The number of benzene rings is 1. The lowest BCUT2D eigenvalue weighted by Gasteiger charge is -2.31. The molecule has 0 aromatic heterocycles. The summed E-state index contributed by atoms with van der Waals surface area (Å²) in [5, 5.41) is 0. The molecule has 0 bridgehead atoms. The van der Waals surface area contributed by atoms with Gasteiger partial charge in [0.1, 0.15) is 12.4 Å². The second-order valence-electron chi connectivity index (χ2n) is 5.48. The maximum atomic E-state index is 10.9. The van der Waals surface area contributed by atoms with Crippen molar-refractivity contribution in [3.8, 4) is 5.75 Å². The first-order chi connectivity index (χ1) is 10.2. The number of likely N-dealkylation sites (tertiary alicyclic amines) is 1. The standard InChI is InChI=1S/C16H24N2O2S/c1-21-15-4-2-14(3-5-15)20-11-10-18-8-6-13(7-9-18)12-16(17)19/h2-5,13H,6-12H2,1H3,(H2,17,19). The predicted molar refractivity (Wildman–Crippen MR) is 86.7 cm³/mol. The first-order valence-electron chi connectivity index (χ1n) is 7.45. The summed E-state index contributed by atoms with van der Waals surface area (Å²) in [5.41, 5.74) is 5.25. The van der Waals surface area contributed by atoms with Crippen molar-refractivity contribution in [1.82, 2.24) is 4.90 Å². The molecule has 2 N–H and O–H groups in total. The molecule has 1 aliphatic rings. The van der Waals surface area contributed by atoms with Crippen LogP contribution >= 0.6 is 11.8 Å². The Kier molecular flexibility index (Phi) is 6.39.